The summed E-state index contributed by atoms with van der Waals surface area (Å²) in [5.41, 5.74) is 12.2. The van der Waals surface area contributed by atoms with Gasteiger partial charge in [0, 0.05) is 42.2 Å². The first kappa shape index (κ1) is 31.6. The maximum Gasteiger partial charge on any atom is 0.143 e. The Morgan fingerprint density at radius 3 is 1.82 bits per heavy atom. The van der Waals surface area contributed by atoms with E-state index in [1.165, 1.54) is 53.4 Å². The van der Waals surface area contributed by atoms with Gasteiger partial charge in [0.15, 0.2) is 0 Å². The zero-order valence-corrected chi connectivity index (χ0v) is 30.6. The van der Waals surface area contributed by atoms with Gasteiger partial charge in [-0.2, -0.15) is 0 Å². The lowest BCUT2D eigenvalue weighted by molar-refractivity contribution is 0.672. The standard InChI is InChI=1S/C52H33NOS/c1-2-11-34(12-3-1)35-21-23-36(24-22-35)37-25-29-40(30-26-37)53(47-18-10-19-48-51(47)44-31-27-38-13-4-5-15-42(38)52(44)54-48)46-17-8-6-14-41(46)39-28-32-50-45(33-39)43-16-7-9-20-49(43)55-50/h1-33H. The Kier molecular flexibility index (Phi) is 7.39. The highest BCUT2D eigenvalue weighted by Crippen LogP contribution is 2.47. The van der Waals surface area contributed by atoms with Gasteiger partial charge in [-0.25, -0.2) is 0 Å². The largest absolute Gasteiger partial charge is 0.455 e. The number of benzene rings is 9. The second-order valence-corrected chi connectivity index (χ2v) is 15.2. The van der Waals surface area contributed by atoms with Crippen molar-refractivity contribution in [3.05, 3.63) is 200 Å². The first-order valence-corrected chi connectivity index (χ1v) is 19.5. The highest BCUT2D eigenvalue weighted by Gasteiger charge is 2.23. The summed E-state index contributed by atoms with van der Waals surface area (Å²) in [5.74, 6) is 0. The molecule has 0 saturated carbocycles. The van der Waals surface area contributed by atoms with E-state index >= 15 is 0 Å². The number of nitrogens with zero attached hydrogens (tertiary/aromatic N) is 1. The van der Waals surface area contributed by atoms with Crippen LogP contribution in [0.3, 0.4) is 0 Å². The summed E-state index contributed by atoms with van der Waals surface area (Å²) in [4.78, 5) is 2.42. The lowest BCUT2D eigenvalue weighted by atomic mass is 9.98. The van der Waals surface area contributed by atoms with Gasteiger partial charge in [0.1, 0.15) is 11.2 Å². The van der Waals surface area contributed by atoms with E-state index < -0.39 is 0 Å². The van der Waals surface area contributed by atoms with E-state index in [2.05, 4.69) is 205 Å². The van der Waals surface area contributed by atoms with Crippen LogP contribution in [0.15, 0.2) is 205 Å². The molecule has 2 heterocycles. The predicted octanol–water partition coefficient (Wildman–Crippen LogP) is 15.6. The molecule has 9 aromatic carbocycles. The van der Waals surface area contributed by atoms with E-state index in [-0.39, 0.29) is 0 Å². The van der Waals surface area contributed by atoms with Crippen molar-refractivity contribution in [3.8, 4) is 33.4 Å². The number of furan rings is 1. The second-order valence-electron chi connectivity index (χ2n) is 14.1. The van der Waals surface area contributed by atoms with Crippen molar-refractivity contribution >= 4 is 81.3 Å². The molecular weight excluding hydrogens is 687 g/mol. The van der Waals surface area contributed by atoms with Crippen LogP contribution in [-0.2, 0) is 0 Å². The van der Waals surface area contributed by atoms with Crippen LogP contribution in [0.25, 0.3) is 86.3 Å². The molecule has 0 atom stereocenters. The van der Waals surface area contributed by atoms with Gasteiger partial charge in [0.05, 0.1) is 16.8 Å². The molecule has 0 aliphatic heterocycles. The minimum Gasteiger partial charge on any atom is -0.455 e. The van der Waals surface area contributed by atoms with Crippen molar-refractivity contribution in [2.24, 2.45) is 0 Å². The van der Waals surface area contributed by atoms with Crippen molar-refractivity contribution in [1.29, 1.82) is 0 Å². The van der Waals surface area contributed by atoms with Gasteiger partial charge in [-0.15, -0.1) is 11.3 Å². The zero-order chi connectivity index (χ0) is 36.3. The number of anilines is 3. The van der Waals surface area contributed by atoms with Crippen LogP contribution in [0.1, 0.15) is 0 Å². The average molecular weight is 720 g/mol. The van der Waals surface area contributed by atoms with Crippen molar-refractivity contribution in [3.63, 3.8) is 0 Å². The van der Waals surface area contributed by atoms with E-state index in [9.17, 15) is 0 Å². The fraction of sp³-hybridized carbons (Fsp3) is 0. The molecule has 0 unspecified atom stereocenters. The third-order valence-corrected chi connectivity index (χ3v) is 12.0. The second kappa shape index (κ2) is 12.9. The quantitative estimate of drug-likeness (QED) is 0.170. The molecule has 11 aromatic rings. The van der Waals surface area contributed by atoms with Crippen molar-refractivity contribution in [1.82, 2.24) is 0 Å². The molecule has 0 bridgehead atoms. The summed E-state index contributed by atoms with van der Waals surface area (Å²) in [6.07, 6.45) is 0. The number of rotatable bonds is 6. The van der Waals surface area contributed by atoms with Crippen LogP contribution in [0.2, 0.25) is 0 Å². The van der Waals surface area contributed by atoms with E-state index in [1.807, 2.05) is 11.3 Å². The Balaban J connectivity index is 1.10. The van der Waals surface area contributed by atoms with Crippen LogP contribution < -0.4 is 4.90 Å². The maximum atomic E-state index is 6.72. The highest BCUT2D eigenvalue weighted by molar-refractivity contribution is 7.25. The molecule has 0 spiro atoms. The molecule has 258 valence electrons. The van der Waals surface area contributed by atoms with Crippen molar-refractivity contribution < 1.29 is 4.42 Å². The first-order valence-electron chi connectivity index (χ1n) is 18.7. The maximum absolute atomic E-state index is 6.72. The summed E-state index contributed by atoms with van der Waals surface area (Å²) in [6.45, 7) is 0. The van der Waals surface area contributed by atoms with Gasteiger partial charge < -0.3 is 9.32 Å². The molecule has 0 saturated heterocycles. The topological polar surface area (TPSA) is 16.4 Å². The molecule has 0 fully saturated rings. The summed E-state index contributed by atoms with van der Waals surface area (Å²) < 4.78 is 9.33. The fourth-order valence-electron chi connectivity index (χ4n) is 8.22. The van der Waals surface area contributed by atoms with Gasteiger partial charge in [-0.05, 0) is 87.8 Å². The van der Waals surface area contributed by atoms with Gasteiger partial charge in [-0.3, -0.25) is 0 Å². The summed E-state index contributed by atoms with van der Waals surface area (Å²) in [5, 5.41) is 7.07. The number of hydrogen-bond acceptors (Lipinski definition) is 3. The van der Waals surface area contributed by atoms with E-state index in [1.54, 1.807) is 0 Å². The average Bonchev–Trinajstić information content (AvgIpc) is 3.84. The number of fused-ring (bicyclic) bond motifs is 8. The SMILES string of the molecule is c1ccc(-c2ccc(-c3ccc(N(c4ccccc4-c4ccc5sc6ccccc6c5c4)c4cccc5oc6c7ccccc7ccc6c45)cc3)cc2)cc1. The third kappa shape index (κ3) is 5.32. The minimum absolute atomic E-state index is 0.868. The van der Waals surface area contributed by atoms with Crippen LogP contribution in [-0.4, -0.2) is 0 Å². The lowest BCUT2D eigenvalue weighted by Gasteiger charge is -2.28. The van der Waals surface area contributed by atoms with Gasteiger partial charge in [0.25, 0.3) is 0 Å². The Morgan fingerprint density at radius 2 is 1.00 bits per heavy atom. The normalized spacial score (nSPS) is 11.6. The highest BCUT2D eigenvalue weighted by atomic mass is 32.1. The lowest BCUT2D eigenvalue weighted by Crippen LogP contribution is -2.11. The van der Waals surface area contributed by atoms with E-state index in [0.717, 1.165) is 50.0 Å². The molecule has 0 aliphatic rings. The van der Waals surface area contributed by atoms with Crippen LogP contribution in [0.5, 0.6) is 0 Å². The Bertz CT molecular complexity index is 3190. The number of para-hydroxylation sites is 1. The first-order chi connectivity index (χ1) is 27.3. The van der Waals surface area contributed by atoms with Crippen molar-refractivity contribution in [2.45, 2.75) is 0 Å². The van der Waals surface area contributed by atoms with E-state index in [4.69, 9.17) is 4.42 Å². The molecule has 3 heteroatoms. The third-order valence-electron chi connectivity index (χ3n) is 10.9. The smallest absolute Gasteiger partial charge is 0.143 e. The fourth-order valence-corrected chi connectivity index (χ4v) is 9.31. The minimum atomic E-state index is 0.868. The molecule has 2 nitrogen and oxygen atoms in total. The van der Waals surface area contributed by atoms with Gasteiger partial charge in [0.2, 0.25) is 0 Å². The molecule has 2 aromatic heterocycles. The Morgan fingerprint density at radius 1 is 0.382 bits per heavy atom. The summed E-state index contributed by atoms with van der Waals surface area (Å²) in [6, 6.07) is 72.2. The summed E-state index contributed by atoms with van der Waals surface area (Å²) in [7, 11) is 0. The van der Waals surface area contributed by atoms with Crippen molar-refractivity contribution in [2.75, 3.05) is 4.90 Å². The molecule has 0 aliphatic carbocycles. The Hall–Kier alpha value is -6.94. The summed E-state index contributed by atoms with van der Waals surface area (Å²) >= 11 is 1.85. The van der Waals surface area contributed by atoms with E-state index in [0.29, 0.717) is 0 Å². The molecule has 0 amide bonds. The van der Waals surface area contributed by atoms with Crippen LogP contribution in [0.4, 0.5) is 17.1 Å². The molecule has 0 N–H and O–H groups in total. The Labute approximate surface area is 322 Å². The predicted molar refractivity (Wildman–Crippen MR) is 235 cm³/mol. The number of hydrogen-bond donors (Lipinski definition) is 0. The molecule has 55 heavy (non-hydrogen) atoms. The zero-order valence-electron chi connectivity index (χ0n) is 29.8. The van der Waals surface area contributed by atoms with Gasteiger partial charge >= 0.3 is 0 Å². The van der Waals surface area contributed by atoms with Gasteiger partial charge in [-0.1, -0.05) is 146 Å². The molecule has 11 rings (SSSR count). The molecular formula is C52H33NOS. The van der Waals surface area contributed by atoms with Crippen LogP contribution in [0, 0.1) is 0 Å². The number of thiophene rings is 1. The monoisotopic (exact) mass is 719 g/mol. The van der Waals surface area contributed by atoms with Crippen LogP contribution >= 0.6 is 11.3 Å². The molecule has 0 radical (unpaired) electrons.